The Kier molecular flexibility index (Phi) is 9.13. The minimum Gasteiger partial charge on any atom is -0.358 e. The van der Waals surface area contributed by atoms with E-state index < -0.39 is 0 Å². The maximum Gasteiger partial charge on any atom is 2.00 e. The smallest absolute Gasteiger partial charge is 0.358 e. The van der Waals surface area contributed by atoms with Crippen LogP contribution in [0.25, 0.3) is 83.2 Å². The van der Waals surface area contributed by atoms with Crippen LogP contribution in [0.4, 0.5) is 0 Å². The second kappa shape index (κ2) is 14.1. The van der Waals surface area contributed by atoms with E-state index in [-0.39, 0.29) is 31.9 Å². The van der Waals surface area contributed by atoms with Crippen LogP contribution in [0.1, 0.15) is 52.8 Å². The van der Waals surface area contributed by atoms with Crippen LogP contribution >= 0.6 is 0 Å². The topological polar surface area (TPSA) is 40.6 Å². The van der Waals surface area contributed by atoms with Gasteiger partial charge in [-0.1, -0.05) is 155 Å². The third kappa shape index (κ3) is 6.12. The Bertz CT molecular complexity index is 3140. The van der Waals surface area contributed by atoms with Gasteiger partial charge < -0.3 is 9.13 Å². The molecule has 4 heterocycles. The fraction of sp³-hybridized carbons (Fsp3) is 0.154. The van der Waals surface area contributed by atoms with Crippen molar-refractivity contribution in [3.05, 3.63) is 175 Å². The van der Waals surface area contributed by atoms with Crippen molar-refractivity contribution in [3.63, 3.8) is 0 Å². The second-order valence-corrected chi connectivity index (χ2v) is 17.0. The van der Waals surface area contributed by atoms with E-state index in [4.69, 9.17) is 10.1 Å². The zero-order valence-electron chi connectivity index (χ0n) is 33.5. The average Bonchev–Trinajstić information content (AvgIpc) is 3.89. The molecule has 6 aromatic carbocycles. The Morgan fingerprint density at radius 2 is 1.03 bits per heavy atom. The van der Waals surface area contributed by atoms with E-state index >= 15 is 0 Å². The van der Waals surface area contributed by atoms with Crippen LogP contribution < -0.4 is 0 Å². The fourth-order valence-corrected chi connectivity index (χ4v) is 8.47. The first kappa shape index (κ1) is 37.5. The molecule has 4 aromatic heterocycles. The molecule has 10 rings (SSSR count). The minimum absolute atomic E-state index is 0. The number of para-hydroxylation sites is 2. The molecule has 0 unspecified atom stereocenters. The molecule has 0 aliphatic rings. The van der Waals surface area contributed by atoms with Crippen molar-refractivity contribution >= 4 is 43.6 Å². The van der Waals surface area contributed by atoms with Crippen molar-refractivity contribution in [1.82, 2.24) is 23.9 Å². The normalized spacial score (nSPS) is 12.2. The van der Waals surface area contributed by atoms with Crippen LogP contribution in [-0.2, 0) is 31.9 Å². The number of hydrogen-bond acceptors (Lipinski definition) is 2. The number of pyridine rings is 1. The molecule has 0 atom stereocenters. The predicted molar refractivity (Wildman–Crippen MR) is 236 cm³/mol. The number of aromatic nitrogens is 5. The molecule has 0 N–H and O–H groups in total. The molecular formula is C52H43N5Pt. The molecule has 0 saturated carbocycles. The third-order valence-electron chi connectivity index (χ3n) is 11.2. The molecule has 286 valence electrons. The monoisotopic (exact) mass is 932 g/mol. The van der Waals surface area contributed by atoms with Gasteiger partial charge in [-0.3, -0.25) is 4.68 Å². The Labute approximate surface area is 353 Å². The number of hydrogen-bond donors (Lipinski definition) is 0. The Morgan fingerprint density at radius 1 is 0.500 bits per heavy atom. The van der Waals surface area contributed by atoms with Crippen LogP contribution in [0.15, 0.2) is 152 Å². The van der Waals surface area contributed by atoms with E-state index in [0.29, 0.717) is 0 Å². The third-order valence-corrected chi connectivity index (χ3v) is 11.2. The number of nitrogens with zero attached hydrogens (tertiary/aromatic N) is 5. The van der Waals surface area contributed by atoms with Gasteiger partial charge >= 0.3 is 21.1 Å². The van der Waals surface area contributed by atoms with E-state index in [9.17, 15) is 0 Å². The van der Waals surface area contributed by atoms with Gasteiger partial charge in [-0.05, 0) is 57.3 Å². The molecule has 5 nitrogen and oxygen atoms in total. The molecule has 0 aliphatic carbocycles. The summed E-state index contributed by atoms with van der Waals surface area (Å²) in [5, 5.41) is 10.0. The standard InChI is InChI=1S/C52H43N5.Pt/c1-51(2,3)36-29-30-53-47(31-36)56-44-24-16-14-22-40(44)42-27-25-37(32-46(42)56)55-43-23-15-13-21-39(43)41-28-26-38(33-45(41)55)57-50(52(4,5)6)48(34-17-9-7-10-18-34)49(54-57)35-19-11-8-12-20-35;/h7-31H,1-6H3;/q-2;+2. The van der Waals surface area contributed by atoms with Crippen molar-refractivity contribution in [2.24, 2.45) is 0 Å². The fourth-order valence-electron chi connectivity index (χ4n) is 8.47. The quantitative estimate of drug-likeness (QED) is 0.161. The molecule has 6 heteroatoms. The van der Waals surface area contributed by atoms with Gasteiger partial charge in [0.05, 0.1) is 5.69 Å². The SMILES string of the molecule is CC(C)(C)c1ccnc(-n2c3[c-]c(-n4c5[c-]c(-n6nc(-c7ccccc7)c(-c7ccccc7)c6C(C)(C)C)ccc5c5ccccc54)ccc3c3ccccc32)c1.[Pt+2]. The van der Waals surface area contributed by atoms with Crippen molar-refractivity contribution in [3.8, 4) is 39.6 Å². The summed E-state index contributed by atoms with van der Waals surface area (Å²) >= 11 is 0. The summed E-state index contributed by atoms with van der Waals surface area (Å²) < 4.78 is 6.71. The molecule has 0 aliphatic heterocycles. The molecule has 0 amide bonds. The predicted octanol–water partition coefficient (Wildman–Crippen LogP) is 13.0. The Hall–Kier alpha value is -6.03. The molecule has 58 heavy (non-hydrogen) atoms. The van der Waals surface area contributed by atoms with Crippen molar-refractivity contribution < 1.29 is 21.1 Å². The van der Waals surface area contributed by atoms with E-state index in [2.05, 4.69) is 213 Å². The van der Waals surface area contributed by atoms with Gasteiger partial charge in [-0.15, -0.1) is 35.0 Å². The molecule has 0 fully saturated rings. The number of fused-ring (bicyclic) bond motifs is 6. The van der Waals surface area contributed by atoms with Gasteiger partial charge in [0.1, 0.15) is 11.5 Å². The van der Waals surface area contributed by atoms with Crippen LogP contribution in [0, 0.1) is 12.1 Å². The van der Waals surface area contributed by atoms with E-state index in [0.717, 1.165) is 83.5 Å². The summed E-state index contributed by atoms with van der Waals surface area (Å²) in [6, 6.07) is 59.4. The maximum absolute atomic E-state index is 5.45. The minimum atomic E-state index is -0.245. The van der Waals surface area contributed by atoms with Crippen LogP contribution in [-0.4, -0.2) is 23.9 Å². The van der Waals surface area contributed by atoms with Gasteiger partial charge in [0.15, 0.2) is 0 Å². The van der Waals surface area contributed by atoms with Gasteiger partial charge in [0, 0.05) is 33.8 Å². The molecule has 0 saturated heterocycles. The molecule has 0 spiro atoms. The van der Waals surface area contributed by atoms with Gasteiger partial charge in [0.2, 0.25) is 0 Å². The van der Waals surface area contributed by atoms with Crippen molar-refractivity contribution in [1.29, 1.82) is 0 Å². The van der Waals surface area contributed by atoms with Gasteiger partial charge in [-0.25, -0.2) is 4.98 Å². The first-order valence-electron chi connectivity index (χ1n) is 19.7. The zero-order chi connectivity index (χ0) is 39.1. The maximum atomic E-state index is 5.45. The van der Waals surface area contributed by atoms with E-state index in [1.807, 2.05) is 6.20 Å². The second-order valence-electron chi connectivity index (χ2n) is 17.0. The summed E-state index contributed by atoms with van der Waals surface area (Å²) in [7, 11) is 0. The summed E-state index contributed by atoms with van der Waals surface area (Å²) in [6.45, 7) is 13.5. The summed E-state index contributed by atoms with van der Waals surface area (Å²) in [5.74, 6) is 0.884. The van der Waals surface area contributed by atoms with Crippen LogP contribution in [0.5, 0.6) is 0 Å². The van der Waals surface area contributed by atoms with Crippen molar-refractivity contribution in [2.45, 2.75) is 52.4 Å². The summed E-state index contributed by atoms with van der Waals surface area (Å²) in [5.41, 5.74) is 12.4. The first-order chi connectivity index (χ1) is 27.6. The molecule has 0 radical (unpaired) electrons. The van der Waals surface area contributed by atoms with Crippen LogP contribution in [0.3, 0.4) is 0 Å². The molecule has 10 aromatic rings. The van der Waals surface area contributed by atoms with Gasteiger partial charge in [-0.2, -0.15) is 17.2 Å². The van der Waals surface area contributed by atoms with Crippen molar-refractivity contribution in [2.75, 3.05) is 0 Å². The summed E-state index contributed by atoms with van der Waals surface area (Å²) in [6.07, 6.45) is 1.93. The van der Waals surface area contributed by atoms with Gasteiger partial charge in [0.25, 0.3) is 0 Å². The summed E-state index contributed by atoms with van der Waals surface area (Å²) in [4.78, 5) is 4.93. The van der Waals surface area contributed by atoms with E-state index in [1.54, 1.807) is 0 Å². The molecule has 0 bridgehead atoms. The first-order valence-corrected chi connectivity index (χ1v) is 19.7. The largest absolute Gasteiger partial charge is 2.00 e. The number of rotatable bonds is 5. The van der Waals surface area contributed by atoms with E-state index in [1.165, 1.54) is 10.9 Å². The average molecular weight is 933 g/mol. The molecular weight excluding hydrogens is 890 g/mol. The zero-order valence-corrected chi connectivity index (χ0v) is 35.8. The Morgan fingerprint density at radius 3 is 1.66 bits per heavy atom. The number of benzene rings is 6. The Balaban J connectivity index is 0.00000436. The van der Waals surface area contributed by atoms with Crippen LogP contribution in [0.2, 0.25) is 0 Å².